The SMILES string of the molecule is O=c1oc2c(O)c(O)ccc2cc1-c1ccsc1. The van der Waals surface area contributed by atoms with Crippen molar-refractivity contribution in [3.8, 4) is 22.6 Å². The van der Waals surface area contributed by atoms with E-state index in [0.717, 1.165) is 5.56 Å². The predicted octanol–water partition coefficient (Wildman–Crippen LogP) is 2.93. The Labute approximate surface area is 105 Å². The van der Waals surface area contributed by atoms with E-state index in [4.69, 9.17) is 4.42 Å². The lowest BCUT2D eigenvalue weighted by Gasteiger charge is -2.03. The molecule has 3 aromatic rings. The molecule has 1 aromatic carbocycles. The van der Waals surface area contributed by atoms with Gasteiger partial charge in [0.2, 0.25) is 5.75 Å². The molecule has 4 nitrogen and oxygen atoms in total. The molecule has 0 unspecified atom stereocenters. The fraction of sp³-hybridized carbons (Fsp3) is 0. The van der Waals surface area contributed by atoms with Gasteiger partial charge in [-0.15, -0.1) is 0 Å². The maximum absolute atomic E-state index is 11.8. The van der Waals surface area contributed by atoms with E-state index in [1.54, 1.807) is 12.1 Å². The zero-order valence-electron chi connectivity index (χ0n) is 9.08. The number of phenols is 2. The van der Waals surface area contributed by atoms with Crippen LogP contribution in [0.1, 0.15) is 0 Å². The van der Waals surface area contributed by atoms with E-state index in [-0.39, 0.29) is 11.3 Å². The maximum atomic E-state index is 11.8. The third kappa shape index (κ3) is 1.56. The van der Waals surface area contributed by atoms with Crippen LogP contribution in [0.3, 0.4) is 0 Å². The van der Waals surface area contributed by atoms with Gasteiger partial charge in [0.1, 0.15) is 0 Å². The Balaban J connectivity index is 2.36. The smallest absolute Gasteiger partial charge is 0.344 e. The first-order valence-electron chi connectivity index (χ1n) is 5.18. The third-order valence-corrected chi connectivity index (χ3v) is 3.37. The molecule has 2 N–H and O–H groups in total. The summed E-state index contributed by atoms with van der Waals surface area (Å²) in [5, 5.41) is 23.2. The molecular formula is C13H8O4S. The monoisotopic (exact) mass is 260 g/mol. The summed E-state index contributed by atoms with van der Waals surface area (Å²) < 4.78 is 5.07. The molecule has 0 saturated heterocycles. The fourth-order valence-electron chi connectivity index (χ4n) is 1.78. The molecule has 0 aliphatic rings. The van der Waals surface area contributed by atoms with Gasteiger partial charge in [0.25, 0.3) is 0 Å². The van der Waals surface area contributed by atoms with Gasteiger partial charge in [-0.2, -0.15) is 11.3 Å². The second-order valence-electron chi connectivity index (χ2n) is 3.81. The van der Waals surface area contributed by atoms with Gasteiger partial charge in [0, 0.05) is 5.39 Å². The summed E-state index contributed by atoms with van der Waals surface area (Å²) in [6, 6.07) is 6.41. The van der Waals surface area contributed by atoms with Gasteiger partial charge in [-0.3, -0.25) is 0 Å². The summed E-state index contributed by atoms with van der Waals surface area (Å²) in [7, 11) is 0. The van der Waals surface area contributed by atoms with Gasteiger partial charge in [-0.1, -0.05) is 0 Å². The summed E-state index contributed by atoms with van der Waals surface area (Å²) in [6.07, 6.45) is 0. The van der Waals surface area contributed by atoms with Gasteiger partial charge in [0.15, 0.2) is 11.3 Å². The Morgan fingerprint density at radius 3 is 2.72 bits per heavy atom. The van der Waals surface area contributed by atoms with Gasteiger partial charge in [0.05, 0.1) is 5.56 Å². The number of phenolic OH excluding ortho intramolecular Hbond substituents is 2. The summed E-state index contributed by atoms with van der Waals surface area (Å²) in [5.74, 6) is -0.726. The van der Waals surface area contributed by atoms with Gasteiger partial charge in [-0.05, 0) is 40.6 Å². The minimum atomic E-state index is -0.540. The molecule has 0 bridgehead atoms. The summed E-state index contributed by atoms with van der Waals surface area (Å²) in [6.45, 7) is 0. The molecule has 0 fully saturated rings. The largest absolute Gasteiger partial charge is 0.504 e. The van der Waals surface area contributed by atoms with Crippen LogP contribution in [0.4, 0.5) is 0 Å². The molecule has 3 rings (SSSR count). The van der Waals surface area contributed by atoms with Crippen LogP contribution in [-0.4, -0.2) is 10.2 Å². The predicted molar refractivity (Wildman–Crippen MR) is 69.1 cm³/mol. The number of thiophene rings is 1. The molecule has 0 spiro atoms. The normalized spacial score (nSPS) is 10.9. The summed E-state index contributed by atoms with van der Waals surface area (Å²) in [5.41, 5.74) is 0.679. The Kier molecular flexibility index (Phi) is 2.34. The Morgan fingerprint density at radius 2 is 2.00 bits per heavy atom. The second kappa shape index (κ2) is 3.89. The lowest BCUT2D eigenvalue weighted by Crippen LogP contribution is -2.01. The quantitative estimate of drug-likeness (QED) is 0.521. The standard InChI is InChI=1S/C13H8O4S/c14-10-2-1-7-5-9(8-3-4-18-6-8)13(16)17-12(7)11(10)15/h1-6,14-15H. The molecule has 0 saturated carbocycles. The molecule has 0 aliphatic carbocycles. The number of aromatic hydroxyl groups is 2. The molecule has 0 radical (unpaired) electrons. The van der Waals surface area contributed by atoms with E-state index in [0.29, 0.717) is 10.9 Å². The lowest BCUT2D eigenvalue weighted by atomic mass is 10.1. The number of fused-ring (bicyclic) bond motifs is 1. The molecule has 0 aliphatic heterocycles. The number of hydrogen-bond acceptors (Lipinski definition) is 5. The van der Waals surface area contributed by atoms with Crippen molar-refractivity contribution in [2.45, 2.75) is 0 Å². The molecule has 0 amide bonds. The Morgan fingerprint density at radius 1 is 1.17 bits per heavy atom. The Bertz CT molecular complexity index is 772. The van der Waals surface area contributed by atoms with Crippen molar-refractivity contribution in [2.24, 2.45) is 0 Å². The minimum Gasteiger partial charge on any atom is -0.504 e. The van der Waals surface area contributed by atoms with Crippen LogP contribution < -0.4 is 5.63 Å². The molecule has 90 valence electrons. The first kappa shape index (κ1) is 10.9. The summed E-state index contributed by atoms with van der Waals surface area (Å²) in [4.78, 5) is 11.8. The summed E-state index contributed by atoms with van der Waals surface area (Å²) >= 11 is 1.48. The van der Waals surface area contributed by atoms with Crippen LogP contribution in [0.5, 0.6) is 11.5 Å². The van der Waals surface area contributed by atoms with Crippen molar-refractivity contribution in [1.29, 1.82) is 0 Å². The van der Waals surface area contributed by atoms with Crippen molar-refractivity contribution in [2.75, 3.05) is 0 Å². The highest BCUT2D eigenvalue weighted by atomic mass is 32.1. The van der Waals surface area contributed by atoms with Crippen molar-refractivity contribution in [3.05, 3.63) is 45.4 Å². The maximum Gasteiger partial charge on any atom is 0.344 e. The number of rotatable bonds is 1. The zero-order valence-corrected chi connectivity index (χ0v) is 9.90. The number of benzene rings is 1. The Hall–Kier alpha value is -2.27. The van der Waals surface area contributed by atoms with Gasteiger partial charge in [-0.25, -0.2) is 4.79 Å². The van der Waals surface area contributed by atoms with Crippen LogP contribution >= 0.6 is 11.3 Å². The van der Waals surface area contributed by atoms with E-state index in [1.165, 1.54) is 17.4 Å². The van der Waals surface area contributed by atoms with Crippen molar-refractivity contribution >= 4 is 22.3 Å². The zero-order chi connectivity index (χ0) is 12.7. The van der Waals surface area contributed by atoms with Gasteiger partial charge < -0.3 is 14.6 Å². The van der Waals surface area contributed by atoms with Crippen molar-refractivity contribution in [3.63, 3.8) is 0 Å². The number of hydrogen-bond donors (Lipinski definition) is 2. The van der Waals surface area contributed by atoms with Crippen LogP contribution in [0, 0.1) is 0 Å². The van der Waals surface area contributed by atoms with Crippen LogP contribution in [-0.2, 0) is 0 Å². The van der Waals surface area contributed by atoms with E-state index in [9.17, 15) is 15.0 Å². The second-order valence-corrected chi connectivity index (χ2v) is 4.59. The fourth-order valence-corrected chi connectivity index (χ4v) is 2.43. The van der Waals surface area contributed by atoms with Crippen molar-refractivity contribution < 1.29 is 14.6 Å². The highest BCUT2D eigenvalue weighted by Gasteiger charge is 2.12. The topological polar surface area (TPSA) is 70.7 Å². The highest BCUT2D eigenvalue weighted by molar-refractivity contribution is 7.08. The average molecular weight is 260 g/mol. The molecular weight excluding hydrogens is 252 g/mol. The highest BCUT2D eigenvalue weighted by Crippen LogP contribution is 2.34. The molecule has 18 heavy (non-hydrogen) atoms. The molecule has 0 atom stereocenters. The molecule has 2 aromatic heterocycles. The van der Waals surface area contributed by atoms with Crippen LogP contribution in [0.15, 0.2) is 44.2 Å². The van der Waals surface area contributed by atoms with E-state index >= 15 is 0 Å². The van der Waals surface area contributed by atoms with Crippen LogP contribution in [0.25, 0.3) is 22.1 Å². The van der Waals surface area contributed by atoms with E-state index in [1.807, 2.05) is 16.8 Å². The van der Waals surface area contributed by atoms with Gasteiger partial charge >= 0.3 is 5.63 Å². The minimum absolute atomic E-state index is 0.000945. The molecule has 2 heterocycles. The first-order chi connectivity index (χ1) is 8.66. The lowest BCUT2D eigenvalue weighted by molar-refractivity contribution is 0.398. The van der Waals surface area contributed by atoms with E-state index in [2.05, 4.69) is 0 Å². The van der Waals surface area contributed by atoms with Crippen LogP contribution in [0.2, 0.25) is 0 Å². The first-order valence-corrected chi connectivity index (χ1v) is 6.12. The van der Waals surface area contributed by atoms with Crippen molar-refractivity contribution in [1.82, 2.24) is 0 Å². The average Bonchev–Trinajstić information content (AvgIpc) is 2.88. The third-order valence-electron chi connectivity index (χ3n) is 2.69. The van der Waals surface area contributed by atoms with E-state index < -0.39 is 11.4 Å². The molecule has 5 heteroatoms.